The molecule has 1 fully saturated rings. The third-order valence-corrected chi connectivity index (χ3v) is 4.63. The molecular weight excluding hydrogens is 331 g/mol. The molecule has 1 aliphatic heterocycles. The van der Waals surface area contributed by atoms with Crippen LogP contribution in [-0.2, 0) is 5.67 Å². The van der Waals surface area contributed by atoms with Crippen molar-refractivity contribution in [2.24, 2.45) is 0 Å². The molecule has 130 valence electrons. The third kappa shape index (κ3) is 3.04. The fourth-order valence-corrected chi connectivity index (χ4v) is 3.23. The van der Waals surface area contributed by atoms with Gasteiger partial charge in [0.2, 0.25) is 11.6 Å². The van der Waals surface area contributed by atoms with E-state index >= 15 is 4.39 Å². The molecule has 3 aromatic rings. The zero-order valence-electron chi connectivity index (χ0n) is 14.1. The van der Waals surface area contributed by atoms with Crippen molar-refractivity contribution in [2.75, 3.05) is 13.1 Å². The Morgan fingerprint density at radius 1 is 1.00 bits per heavy atom. The molecule has 1 saturated heterocycles. The van der Waals surface area contributed by atoms with Crippen LogP contribution in [0.1, 0.15) is 18.7 Å². The largest absolute Gasteiger partial charge is 0.417 e. The van der Waals surface area contributed by atoms with E-state index in [1.165, 1.54) is 4.90 Å². The van der Waals surface area contributed by atoms with Gasteiger partial charge in [-0.05, 0) is 36.1 Å². The maximum absolute atomic E-state index is 15.2. The van der Waals surface area contributed by atoms with Gasteiger partial charge >= 0.3 is 0 Å². The molecule has 0 N–H and O–H groups in total. The second kappa shape index (κ2) is 6.60. The number of rotatable bonds is 3. The summed E-state index contributed by atoms with van der Waals surface area (Å²) in [4.78, 5) is 1.39. The summed E-state index contributed by atoms with van der Waals surface area (Å²) in [6.07, 6.45) is 2.85. The molecule has 1 unspecified atom stereocenters. The molecule has 4 rings (SSSR count). The summed E-state index contributed by atoms with van der Waals surface area (Å²) in [7, 11) is 0. The molecule has 1 aromatic heterocycles. The first-order valence-corrected chi connectivity index (χ1v) is 8.51. The number of alkyl halides is 1. The van der Waals surface area contributed by atoms with Crippen LogP contribution in [0.25, 0.3) is 22.6 Å². The Morgan fingerprint density at radius 2 is 1.69 bits per heavy atom. The molecule has 0 aliphatic carbocycles. The standard InChI is InChI=1S/C20H17FN4O/c21-20(11-4-12-25(13-20)14-22)19-24-23-18(26-19)17-9-7-16(8-10-17)15-5-2-1-3-6-15/h1-3,5-10H,4,11-13H2. The second-order valence-electron chi connectivity index (χ2n) is 6.45. The van der Waals surface area contributed by atoms with Crippen molar-refractivity contribution in [1.82, 2.24) is 15.1 Å². The van der Waals surface area contributed by atoms with E-state index in [1.54, 1.807) is 0 Å². The summed E-state index contributed by atoms with van der Waals surface area (Å²) < 4.78 is 20.8. The molecule has 5 nitrogen and oxygen atoms in total. The molecule has 0 spiro atoms. The smallest absolute Gasteiger partial charge is 0.255 e. The Hall–Kier alpha value is -3.20. The normalized spacial score (nSPS) is 19.9. The minimum absolute atomic E-state index is 0.0436. The first-order valence-electron chi connectivity index (χ1n) is 8.51. The number of nitrogens with zero attached hydrogens (tertiary/aromatic N) is 4. The van der Waals surface area contributed by atoms with Gasteiger partial charge in [-0.15, -0.1) is 10.2 Å². The molecule has 0 saturated carbocycles. The summed E-state index contributed by atoms with van der Waals surface area (Å²) >= 11 is 0. The molecule has 1 atom stereocenters. The lowest BCUT2D eigenvalue weighted by atomic mass is 9.95. The number of hydrogen-bond acceptors (Lipinski definition) is 5. The minimum atomic E-state index is -1.77. The van der Waals surface area contributed by atoms with E-state index in [0.717, 1.165) is 16.7 Å². The molecule has 0 bridgehead atoms. The van der Waals surface area contributed by atoms with E-state index in [-0.39, 0.29) is 24.7 Å². The summed E-state index contributed by atoms with van der Waals surface area (Å²) in [5.41, 5.74) is 1.16. The number of nitriles is 1. The van der Waals surface area contributed by atoms with Gasteiger partial charge in [-0.1, -0.05) is 42.5 Å². The number of halogens is 1. The SMILES string of the molecule is N#CN1CCCC(F)(c2nnc(-c3ccc(-c4ccccc4)cc3)o2)C1. The first kappa shape index (κ1) is 16.3. The lowest BCUT2D eigenvalue weighted by Crippen LogP contribution is -2.41. The number of piperidine rings is 1. The van der Waals surface area contributed by atoms with Crippen molar-refractivity contribution in [2.45, 2.75) is 18.5 Å². The van der Waals surface area contributed by atoms with E-state index in [9.17, 15) is 0 Å². The van der Waals surface area contributed by atoms with E-state index < -0.39 is 5.67 Å². The number of aromatic nitrogens is 2. The van der Waals surface area contributed by atoms with Crippen LogP contribution < -0.4 is 0 Å². The van der Waals surface area contributed by atoms with E-state index in [0.29, 0.717) is 13.0 Å². The average Bonchev–Trinajstić information content (AvgIpc) is 3.20. The molecule has 0 amide bonds. The second-order valence-corrected chi connectivity index (χ2v) is 6.45. The van der Waals surface area contributed by atoms with Gasteiger partial charge in [-0.25, -0.2) is 4.39 Å². The van der Waals surface area contributed by atoms with Gasteiger partial charge < -0.3 is 9.32 Å². The Bertz CT molecular complexity index is 932. The summed E-state index contributed by atoms with van der Waals surface area (Å²) in [5.74, 6) is 0.227. The van der Waals surface area contributed by atoms with Gasteiger partial charge in [0.25, 0.3) is 5.89 Å². The zero-order chi connectivity index (χ0) is 18.0. The van der Waals surface area contributed by atoms with E-state index in [2.05, 4.69) is 10.2 Å². The van der Waals surface area contributed by atoms with Crippen LogP contribution in [0.4, 0.5) is 4.39 Å². The van der Waals surface area contributed by atoms with Crippen LogP contribution in [0.2, 0.25) is 0 Å². The predicted octanol–water partition coefficient (Wildman–Crippen LogP) is 4.15. The maximum Gasteiger partial charge on any atom is 0.255 e. The van der Waals surface area contributed by atoms with Gasteiger partial charge in [0.1, 0.15) is 0 Å². The van der Waals surface area contributed by atoms with Gasteiger partial charge in [0, 0.05) is 12.1 Å². The number of likely N-dealkylation sites (tertiary alicyclic amines) is 1. The monoisotopic (exact) mass is 348 g/mol. The summed E-state index contributed by atoms with van der Waals surface area (Å²) in [5, 5.41) is 16.9. The topological polar surface area (TPSA) is 66.0 Å². The fourth-order valence-electron chi connectivity index (χ4n) is 3.23. The van der Waals surface area contributed by atoms with Crippen LogP contribution in [0, 0.1) is 11.5 Å². The summed E-state index contributed by atoms with van der Waals surface area (Å²) in [6, 6.07) is 17.7. The van der Waals surface area contributed by atoms with Crippen LogP contribution in [0.15, 0.2) is 59.0 Å². The van der Waals surface area contributed by atoms with Crippen molar-refractivity contribution < 1.29 is 8.81 Å². The minimum Gasteiger partial charge on any atom is -0.417 e. The molecule has 6 heteroatoms. The van der Waals surface area contributed by atoms with Gasteiger partial charge in [-0.3, -0.25) is 0 Å². The van der Waals surface area contributed by atoms with Gasteiger partial charge in [0.05, 0.1) is 6.54 Å². The van der Waals surface area contributed by atoms with Crippen molar-refractivity contribution in [3.63, 3.8) is 0 Å². The summed E-state index contributed by atoms with van der Waals surface area (Å²) in [6.45, 7) is 0.516. The molecule has 2 heterocycles. The Labute approximate surface area is 150 Å². The quantitative estimate of drug-likeness (QED) is 0.665. The maximum atomic E-state index is 15.2. The lowest BCUT2D eigenvalue weighted by Gasteiger charge is -2.31. The Kier molecular flexibility index (Phi) is 4.13. The third-order valence-electron chi connectivity index (χ3n) is 4.63. The van der Waals surface area contributed by atoms with Crippen LogP contribution in [0.5, 0.6) is 0 Å². The number of benzene rings is 2. The van der Waals surface area contributed by atoms with Crippen molar-refractivity contribution in [3.8, 4) is 28.8 Å². The van der Waals surface area contributed by atoms with Crippen LogP contribution in [0.3, 0.4) is 0 Å². The van der Waals surface area contributed by atoms with Crippen molar-refractivity contribution >= 4 is 0 Å². The van der Waals surface area contributed by atoms with Crippen LogP contribution >= 0.6 is 0 Å². The molecular formula is C20H17FN4O. The highest BCUT2D eigenvalue weighted by Crippen LogP contribution is 2.36. The Balaban J connectivity index is 1.57. The molecule has 26 heavy (non-hydrogen) atoms. The fraction of sp³-hybridized carbons (Fsp3) is 0.250. The van der Waals surface area contributed by atoms with Gasteiger partial charge in [-0.2, -0.15) is 5.26 Å². The first-order chi connectivity index (χ1) is 12.7. The molecule has 1 aliphatic rings. The van der Waals surface area contributed by atoms with E-state index in [4.69, 9.17) is 9.68 Å². The van der Waals surface area contributed by atoms with Crippen molar-refractivity contribution in [3.05, 3.63) is 60.5 Å². The Morgan fingerprint density at radius 3 is 2.42 bits per heavy atom. The highest BCUT2D eigenvalue weighted by molar-refractivity contribution is 5.67. The average molecular weight is 348 g/mol. The van der Waals surface area contributed by atoms with Crippen molar-refractivity contribution in [1.29, 1.82) is 5.26 Å². The molecule has 0 radical (unpaired) electrons. The van der Waals surface area contributed by atoms with Gasteiger partial charge in [0.15, 0.2) is 6.19 Å². The van der Waals surface area contributed by atoms with E-state index in [1.807, 2.05) is 60.8 Å². The van der Waals surface area contributed by atoms with Crippen LogP contribution in [-0.4, -0.2) is 28.2 Å². The zero-order valence-corrected chi connectivity index (χ0v) is 14.1. The highest BCUT2D eigenvalue weighted by atomic mass is 19.1. The number of hydrogen-bond donors (Lipinski definition) is 0. The predicted molar refractivity (Wildman–Crippen MR) is 94.4 cm³/mol. The molecule has 2 aromatic carbocycles. The highest BCUT2D eigenvalue weighted by Gasteiger charge is 2.42. The lowest BCUT2D eigenvalue weighted by molar-refractivity contribution is 0.0439.